The Morgan fingerprint density at radius 1 is 1.36 bits per heavy atom. The molecule has 7 nitrogen and oxygen atoms in total. The lowest BCUT2D eigenvalue weighted by Gasteiger charge is -2.34. The van der Waals surface area contributed by atoms with Gasteiger partial charge in [-0.1, -0.05) is 13.8 Å². The number of imide groups is 1. The van der Waals surface area contributed by atoms with Crippen LogP contribution in [0.4, 0.5) is 0 Å². The summed E-state index contributed by atoms with van der Waals surface area (Å²) in [4.78, 5) is 49.6. The fourth-order valence-electron chi connectivity index (χ4n) is 2.66. The second-order valence-electron chi connectivity index (χ2n) is 5.87. The molecule has 1 saturated heterocycles. The van der Waals surface area contributed by atoms with Crippen molar-refractivity contribution in [2.45, 2.75) is 44.7 Å². The average molecular weight is 329 g/mol. The van der Waals surface area contributed by atoms with Gasteiger partial charge in [0.25, 0.3) is 5.91 Å². The van der Waals surface area contributed by atoms with Crippen molar-refractivity contribution in [2.24, 2.45) is 17.4 Å². The van der Waals surface area contributed by atoms with E-state index in [-0.39, 0.29) is 12.3 Å². The van der Waals surface area contributed by atoms with Crippen molar-refractivity contribution in [1.29, 1.82) is 0 Å². The number of primary amides is 1. The van der Waals surface area contributed by atoms with E-state index in [1.165, 1.54) is 11.8 Å². The molecule has 0 aromatic heterocycles. The van der Waals surface area contributed by atoms with E-state index < -0.39 is 41.5 Å². The van der Waals surface area contributed by atoms with Gasteiger partial charge in [-0.25, -0.2) is 0 Å². The molecule has 0 radical (unpaired) electrons. The highest BCUT2D eigenvalue weighted by molar-refractivity contribution is 7.98. The van der Waals surface area contributed by atoms with Gasteiger partial charge in [0, 0.05) is 0 Å². The van der Waals surface area contributed by atoms with Crippen molar-refractivity contribution in [1.82, 2.24) is 4.90 Å². The van der Waals surface area contributed by atoms with Gasteiger partial charge in [0.2, 0.25) is 11.8 Å². The Labute approximate surface area is 134 Å². The Balaban J connectivity index is 3.21. The Hall–Kier alpha value is -1.41. The van der Waals surface area contributed by atoms with Gasteiger partial charge < -0.3 is 11.5 Å². The van der Waals surface area contributed by atoms with Gasteiger partial charge in [0.15, 0.2) is 11.3 Å². The van der Waals surface area contributed by atoms with E-state index in [9.17, 15) is 19.2 Å². The Bertz CT molecular complexity index is 494. The molecule has 4 N–H and O–H groups in total. The molecule has 124 valence electrons. The van der Waals surface area contributed by atoms with Gasteiger partial charge in [0.05, 0.1) is 12.5 Å². The van der Waals surface area contributed by atoms with Crippen molar-refractivity contribution in [3.8, 4) is 0 Å². The van der Waals surface area contributed by atoms with Crippen LogP contribution < -0.4 is 11.5 Å². The molecule has 2 atom stereocenters. The van der Waals surface area contributed by atoms with E-state index in [0.29, 0.717) is 12.2 Å². The molecular formula is C14H23N3O4S. The summed E-state index contributed by atoms with van der Waals surface area (Å²) in [5.74, 6) is -2.43. The zero-order valence-corrected chi connectivity index (χ0v) is 13.9. The molecule has 22 heavy (non-hydrogen) atoms. The third-order valence-corrected chi connectivity index (χ3v) is 4.36. The number of hydrogen-bond donors (Lipinski definition) is 2. The first-order chi connectivity index (χ1) is 10.2. The molecule has 1 aliphatic rings. The average Bonchev–Trinajstić information content (AvgIpc) is 2.66. The third kappa shape index (κ3) is 3.33. The van der Waals surface area contributed by atoms with Crippen molar-refractivity contribution >= 4 is 35.3 Å². The van der Waals surface area contributed by atoms with Gasteiger partial charge in [-0.2, -0.15) is 11.8 Å². The van der Waals surface area contributed by atoms with E-state index in [1.54, 1.807) is 6.26 Å². The topological polar surface area (TPSA) is 124 Å². The fourth-order valence-corrected chi connectivity index (χ4v) is 3.16. The maximum Gasteiger partial charge on any atom is 0.251 e. The lowest BCUT2D eigenvalue weighted by Crippen LogP contribution is -2.63. The number of nitrogens with zero attached hydrogens (tertiary/aromatic N) is 1. The van der Waals surface area contributed by atoms with Gasteiger partial charge in [-0.15, -0.1) is 0 Å². The van der Waals surface area contributed by atoms with Crippen LogP contribution in [0.1, 0.15) is 33.1 Å². The quantitative estimate of drug-likeness (QED) is 0.616. The fraction of sp³-hybridized carbons (Fsp3) is 0.714. The van der Waals surface area contributed by atoms with E-state index in [1.807, 2.05) is 13.8 Å². The SMILES string of the molecule is CSCC[C@]1(C(N)=O)C(=O)CC(=O)N1C(=O)[C@@H](N)CC(C)C. The van der Waals surface area contributed by atoms with Gasteiger partial charge in [-0.05, 0) is 30.8 Å². The first-order valence-electron chi connectivity index (χ1n) is 7.13. The van der Waals surface area contributed by atoms with Crippen LogP contribution >= 0.6 is 11.8 Å². The predicted octanol–water partition coefficient (Wildman–Crippen LogP) is -0.335. The van der Waals surface area contributed by atoms with Crippen LogP contribution in [-0.4, -0.2) is 52.0 Å². The van der Waals surface area contributed by atoms with Crippen LogP contribution in [0.15, 0.2) is 0 Å². The standard InChI is InChI=1S/C14H23N3O4S/c1-8(2)6-9(15)12(20)17-11(19)7-10(18)14(17,13(16)21)4-5-22-3/h8-9H,4-7,15H2,1-3H3,(H2,16,21)/t9-,14+/m0/s1. The minimum atomic E-state index is -1.88. The van der Waals surface area contributed by atoms with Crippen LogP contribution in [0.5, 0.6) is 0 Å². The number of nitrogens with two attached hydrogens (primary N) is 2. The molecule has 3 amide bonds. The minimum Gasteiger partial charge on any atom is -0.367 e. The van der Waals surface area contributed by atoms with Crippen molar-refractivity contribution in [2.75, 3.05) is 12.0 Å². The monoisotopic (exact) mass is 329 g/mol. The van der Waals surface area contributed by atoms with E-state index in [2.05, 4.69) is 0 Å². The Morgan fingerprint density at radius 3 is 2.41 bits per heavy atom. The number of rotatable bonds is 7. The molecule has 0 aromatic rings. The number of likely N-dealkylation sites (tertiary alicyclic amines) is 1. The van der Waals surface area contributed by atoms with E-state index in [0.717, 1.165) is 4.90 Å². The summed E-state index contributed by atoms with van der Waals surface area (Å²) < 4.78 is 0. The second kappa shape index (κ2) is 7.23. The lowest BCUT2D eigenvalue weighted by atomic mass is 9.89. The molecule has 0 unspecified atom stereocenters. The van der Waals surface area contributed by atoms with E-state index >= 15 is 0 Å². The highest BCUT2D eigenvalue weighted by Gasteiger charge is 2.59. The summed E-state index contributed by atoms with van der Waals surface area (Å²) in [5, 5.41) is 0. The lowest BCUT2D eigenvalue weighted by molar-refractivity contribution is -0.156. The van der Waals surface area contributed by atoms with Crippen LogP contribution in [0.2, 0.25) is 0 Å². The number of carbonyl (C=O) groups excluding carboxylic acids is 4. The summed E-state index contributed by atoms with van der Waals surface area (Å²) in [6.07, 6.45) is 1.69. The normalized spacial score (nSPS) is 23.2. The number of carbonyl (C=O) groups is 4. The number of Topliss-reactive ketones (excluding diaryl/α,β-unsaturated/α-hetero) is 1. The summed E-state index contributed by atoms with van der Waals surface area (Å²) in [5.41, 5.74) is 9.36. The molecule has 1 fully saturated rings. The van der Waals surface area contributed by atoms with Crippen LogP contribution in [-0.2, 0) is 19.2 Å². The molecule has 1 heterocycles. The van der Waals surface area contributed by atoms with Gasteiger partial charge >= 0.3 is 0 Å². The van der Waals surface area contributed by atoms with Gasteiger partial charge in [0.1, 0.15) is 0 Å². The highest BCUT2D eigenvalue weighted by Crippen LogP contribution is 2.32. The summed E-state index contributed by atoms with van der Waals surface area (Å²) in [7, 11) is 0. The third-order valence-electron chi connectivity index (χ3n) is 3.74. The first-order valence-corrected chi connectivity index (χ1v) is 8.52. The number of ketones is 1. The summed E-state index contributed by atoms with van der Waals surface area (Å²) >= 11 is 1.40. The largest absolute Gasteiger partial charge is 0.367 e. The molecule has 0 spiro atoms. The molecular weight excluding hydrogens is 306 g/mol. The molecule has 0 saturated carbocycles. The number of hydrogen-bond acceptors (Lipinski definition) is 6. The zero-order valence-electron chi connectivity index (χ0n) is 13.1. The molecule has 0 aromatic carbocycles. The predicted molar refractivity (Wildman–Crippen MR) is 83.8 cm³/mol. The highest BCUT2D eigenvalue weighted by atomic mass is 32.2. The molecule has 1 rings (SSSR count). The second-order valence-corrected chi connectivity index (χ2v) is 6.86. The number of thioether (sulfide) groups is 1. The first kappa shape index (κ1) is 18.6. The van der Waals surface area contributed by atoms with Gasteiger partial charge in [-0.3, -0.25) is 24.1 Å². The smallest absolute Gasteiger partial charge is 0.251 e. The molecule has 0 aliphatic carbocycles. The maximum absolute atomic E-state index is 12.5. The van der Waals surface area contributed by atoms with Crippen LogP contribution in [0.25, 0.3) is 0 Å². The minimum absolute atomic E-state index is 0.0220. The Morgan fingerprint density at radius 2 is 1.95 bits per heavy atom. The number of amides is 3. The molecule has 0 bridgehead atoms. The van der Waals surface area contributed by atoms with Crippen molar-refractivity contribution < 1.29 is 19.2 Å². The summed E-state index contributed by atoms with van der Waals surface area (Å²) in [6, 6.07) is -0.942. The molecule has 1 aliphatic heterocycles. The Kier molecular flexibility index (Phi) is 6.13. The molecule has 8 heteroatoms. The maximum atomic E-state index is 12.5. The van der Waals surface area contributed by atoms with E-state index in [4.69, 9.17) is 11.5 Å². The van der Waals surface area contributed by atoms with Crippen molar-refractivity contribution in [3.63, 3.8) is 0 Å². The summed E-state index contributed by atoms with van der Waals surface area (Å²) in [6.45, 7) is 3.78. The van der Waals surface area contributed by atoms with Crippen molar-refractivity contribution in [3.05, 3.63) is 0 Å². The zero-order chi connectivity index (χ0) is 17.1. The van der Waals surface area contributed by atoms with Crippen LogP contribution in [0.3, 0.4) is 0 Å². The van der Waals surface area contributed by atoms with Crippen LogP contribution in [0, 0.1) is 5.92 Å².